The van der Waals surface area contributed by atoms with E-state index in [1.807, 2.05) is 32.0 Å². The molecular formula is C15H21ClN2O2S. The predicted molar refractivity (Wildman–Crippen MR) is 88.7 cm³/mol. The van der Waals surface area contributed by atoms with Crippen LogP contribution in [-0.2, 0) is 17.3 Å². The van der Waals surface area contributed by atoms with Crippen LogP contribution in [0.3, 0.4) is 0 Å². The van der Waals surface area contributed by atoms with Crippen LogP contribution in [0.25, 0.3) is 11.0 Å². The molecule has 0 spiro atoms. The highest BCUT2D eigenvalue weighted by Gasteiger charge is 2.17. The van der Waals surface area contributed by atoms with Crippen LogP contribution < -0.4 is 4.74 Å². The Balaban J connectivity index is 2.41. The monoisotopic (exact) mass is 328 g/mol. The van der Waals surface area contributed by atoms with Gasteiger partial charge in [-0.25, -0.2) is 4.98 Å². The average molecular weight is 329 g/mol. The molecule has 3 unspecified atom stereocenters. The quantitative estimate of drug-likeness (QED) is 0.762. The van der Waals surface area contributed by atoms with Crippen LogP contribution in [0.1, 0.15) is 31.5 Å². The van der Waals surface area contributed by atoms with Gasteiger partial charge in [0, 0.05) is 34.9 Å². The Morgan fingerprint density at radius 1 is 1.43 bits per heavy atom. The fourth-order valence-corrected chi connectivity index (χ4v) is 2.87. The lowest BCUT2D eigenvalue weighted by molar-refractivity contribution is 0.415. The van der Waals surface area contributed by atoms with Crippen molar-refractivity contribution in [3.63, 3.8) is 0 Å². The summed E-state index contributed by atoms with van der Waals surface area (Å²) in [5.41, 5.74) is 1.91. The van der Waals surface area contributed by atoms with E-state index in [1.54, 1.807) is 13.4 Å². The number of halogens is 1. The molecule has 1 heterocycles. The molecule has 0 aliphatic carbocycles. The standard InChI is InChI=1S/C15H21ClN2O2S/c1-10(21(4)19)7-8-18-14-9-12(20-3)5-6-13(14)17-15(18)11(2)16/h5-6,9-11H,7-8H2,1-4H3. The Labute approximate surface area is 132 Å². The normalized spacial score (nSPS) is 15.9. The third-order valence-electron chi connectivity index (χ3n) is 3.67. The fourth-order valence-electron chi connectivity index (χ4n) is 2.26. The largest absolute Gasteiger partial charge is 0.497 e. The molecule has 3 atom stereocenters. The molecule has 1 aromatic carbocycles. The zero-order chi connectivity index (χ0) is 15.6. The molecule has 6 heteroatoms. The summed E-state index contributed by atoms with van der Waals surface area (Å²) in [5.74, 6) is 1.64. The van der Waals surface area contributed by atoms with Gasteiger partial charge >= 0.3 is 0 Å². The van der Waals surface area contributed by atoms with Gasteiger partial charge in [0.25, 0.3) is 0 Å². The number of aryl methyl sites for hydroxylation is 1. The minimum atomic E-state index is -0.820. The van der Waals surface area contributed by atoms with Crippen molar-refractivity contribution < 1.29 is 8.95 Å². The summed E-state index contributed by atoms with van der Waals surface area (Å²) in [6, 6.07) is 5.81. The zero-order valence-corrected chi connectivity index (χ0v) is 14.4. The first-order valence-electron chi connectivity index (χ1n) is 6.94. The molecule has 1 aromatic heterocycles. The summed E-state index contributed by atoms with van der Waals surface area (Å²) in [6.07, 6.45) is 2.56. The molecule has 2 rings (SSSR count). The maximum Gasteiger partial charge on any atom is 0.127 e. The van der Waals surface area contributed by atoms with E-state index in [0.29, 0.717) is 0 Å². The number of nitrogens with zero attached hydrogens (tertiary/aromatic N) is 2. The zero-order valence-electron chi connectivity index (χ0n) is 12.8. The highest BCUT2D eigenvalue weighted by molar-refractivity contribution is 7.84. The van der Waals surface area contributed by atoms with E-state index >= 15 is 0 Å². The third kappa shape index (κ3) is 3.58. The molecule has 0 bridgehead atoms. The van der Waals surface area contributed by atoms with Crippen molar-refractivity contribution >= 4 is 33.4 Å². The third-order valence-corrected chi connectivity index (χ3v) is 5.23. The second kappa shape index (κ2) is 6.79. The predicted octanol–water partition coefficient (Wildman–Crippen LogP) is 3.50. The second-order valence-electron chi connectivity index (χ2n) is 5.19. The molecule has 21 heavy (non-hydrogen) atoms. The first-order valence-corrected chi connectivity index (χ1v) is 9.00. The number of hydrogen-bond acceptors (Lipinski definition) is 3. The molecule has 0 radical (unpaired) electrons. The molecule has 0 aliphatic heterocycles. The van der Waals surface area contributed by atoms with Gasteiger partial charge in [-0.1, -0.05) is 6.92 Å². The van der Waals surface area contributed by atoms with Crippen LogP contribution in [0, 0.1) is 0 Å². The van der Waals surface area contributed by atoms with Crippen molar-refractivity contribution in [3.05, 3.63) is 24.0 Å². The number of methoxy groups -OCH3 is 1. The van der Waals surface area contributed by atoms with Gasteiger partial charge in [-0.2, -0.15) is 0 Å². The summed E-state index contributed by atoms with van der Waals surface area (Å²) in [6.45, 7) is 4.66. The van der Waals surface area contributed by atoms with E-state index in [9.17, 15) is 4.21 Å². The Morgan fingerprint density at radius 2 is 2.14 bits per heavy atom. The highest BCUT2D eigenvalue weighted by atomic mass is 35.5. The lowest BCUT2D eigenvalue weighted by Gasteiger charge is -2.13. The lowest BCUT2D eigenvalue weighted by atomic mass is 10.2. The van der Waals surface area contributed by atoms with E-state index in [2.05, 4.69) is 9.55 Å². The fraction of sp³-hybridized carbons (Fsp3) is 0.533. The van der Waals surface area contributed by atoms with E-state index in [1.165, 1.54) is 0 Å². The Hall–Kier alpha value is -1.07. The summed E-state index contributed by atoms with van der Waals surface area (Å²) < 4.78 is 18.9. The van der Waals surface area contributed by atoms with Crippen molar-refractivity contribution in [2.75, 3.05) is 13.4 Å². The maximum absolute atomic E-state index is 11.5. The number of alkyl halides is 1. The molecule has 0 N–H and O–H groups in total. The molecule has 4 nitrogen and oxygen atoms in total. The van der Waals surface area contributed by atoms with Crippen LogP contribution in [0.15, 0.2) is 18.2 Å². The van der Waals surface area contributed by atoms with Crippen LogP contribution in [0.2, 0.25) is 0 Å². The van der Waals surface area contributed by atoms with Gasteiger partial charge in [0.2, 0.25) is 0 Å². The van der Waals surface area contributed by atoms with Gasteiger partial charge in [-0.3, -0.25) is 4.21 Å². The molecule has 116 valence electrons. The summed E-state index contributed by atoms with van der Waals surface area (Å²) >= 11 is 6.26. The summed E-state index contributed by atoms with van der Waals surface area (Å²) in [4.78, 5) is 4.61. The molecule has 0 saturated heterocycles. The van der Waals surface area contributed by atoms with Crippen molar-refractivity contribution in [1.29, 1.82) is 0 Å². The van der Waals surface area contributed by atoms with Gasteiger partial charge in [-0.15, -0.1) is 11.6 Å². The van der Waals surface area contributed by atoms with Gasteiger partial charge in [0.1, 0.15) is 11.6 Å². The number of hydrogen-bond donors (Lipinski definition) is 0. The van der Waals surface area contributed by atoms with E-state index in [4.69, 9.17) is 16.3 Å². The topological polar surface area (TPSA) is 44.1 Å². The number of imidazole rings is 1. The van der Waals surface area contributed by atoms with Crippen LogP contribution in [0.4, 0.5) is 0 Å². The maximum atomic E-state index is 11.5. The number of fused-ring (bicyclic) bond motifs is 1. The molecule has 0 fully saturated rings. The molecule has 0 saturated carbocycles. The molecule has 0 amide bonds. The lowest BCUT2D eigenvalue weighted by Crippen LogP contribution is -2.14. The number of rotatable bonds is 6. The minimum Gasteiger partial charge on any atom is -0.497 e. The Kier molecular flexibility index (Phi) is 5.27. The van der Waals surface area contributed by atoms with Crippen LogP contribution in [0.5, 0.6) is 5.75 Å². The smallest absolute Gasteiger partial charge is 0.127 e. The number of aromatic nitrogens is 2. The van der Waals surface area contributed by atoms with E-state index < -0.39 is 10.8 Å². The van der Waals surface area contributed by atoms with Gasteiger partial charge < -0.3 is 9.30 Å². The Morgan fingerprint density at radius 3 is 2.71 bits per heavy atom. The van der Waals surface area contributed by atoms with Crippen LogP contribution >= 0.6 is 11.6 Å². The van der Waals surface area contributed by atoms with Crippen molar-refractivity contribution in [1.82, 2.24) is 9.55 Å². The average Bonchev–Trinajstić information content (AvgIpc) is 2.82. The molecular weight excluding hydrogens is 308 g/mol. The van der Waals surface area contributed by atoms with Gasteiger partial charge in [-0.05, 0) is 25.5 Å². The minimum absolute atomic E-state index is 0.145. The highest BCUT2D eigenvalue weighted by Crippen LogP contribution is 2.27. The van der Waals surface area contributed by atoms with E-state index in [-0.39, 0.29) is 10.6 Å². The molecule has 0 aliphatic rings. The first kappa shape index (κ1) is 16.3. The van der Waals surface area contributed by atoms with Crippen molar-refractivity contribution in [2.24, 2.45) is 0 Å². The van der Waals surface area contributed by atoms with Crippen molar-refractivity contribution in [3.8, 4) is 5.75 Å². The van der Waals surface area contributed by atoms with Crippen molar-refractivity contribution in [2.45, 2.75) is 37.4 Å². The summed E-state index contributed by atoms with van der Waals surface area (Å²) in [5, 5.41) is -0.0302. The van der Waals surface area contributed by atoms with Gasteiger partial charge in [0.05, 0.1) is 23.5 Å². The second-order valence-corrected chi connectivity index (χ2v) is 7.65. The first-order chi connectivity index (χ1) is 9.93. The SMILES string of the molecule is COc1ccc2nc(C(C)Cl)n(CCC(C)S(C)=O)c2c1. The van der Waals surface area contributed by atoms with Crippen LogP contribution in [-0.4, -0.2) is 32.4 Å². The Bertz CT molecular complexity index is 654. The van der Waals surface area contributed by atoms with Gasteiger partial charge in [0.15, 0.2) is 0 Å². The summed E-state index contributed by atoms with van der Waals surface area (Å²) in [7, 11) is 0.828. The molecule has 2 aromatic rings. The number of ether oxygens (including phenoxy) is 1. The number of benzene rings is 1. The van der Waals surface area contributed by atoms with E-state index in [0.717, 1.165) is 35.6 Å².